The van der Waals surface area contributed by atoms with Crippen LogP contribution in [0.5, 0.6) is 5.75 Å². The Hall–Kier alpha value is -3.64. The maximum atomic E-state index is 12.2. The number of halogens is 1. The van der Waals surface area contributed by atoms with Gasteiger partial charge in [-0.25, -0.2) is 0 Å². The maximum Gasteiger partial charge on any atom is 0.303 e. The summed E-state index contributed by atoms with van der Waals surface area (Å²) >= 11 is 3.50. The van der Waals surface area contributed by atoms with E-state index in [0.29, 0.717) is 12.0 Å². The first kappa shape index (κ1) is 23.1. The minimum Gasteiger partial charge on any atom is -0.507 e. The number of esters is 1. The number of carbonyl (C=O) groups is 1. The summed E-state index contributed by atoms with van der Waals surface area (Å²) in [6.07, 6.45) is 1.74. The fourth-order valence-corrected chi connectivity index (χ4v) is 5.09. The molecule has 1 aromatic heterocycles. The highest BCUT2D eigenvalue weighted by molar-refractivity contribution is 9.10. The third-order valence-electron chi connectivity index (χ3n) is 6.38. The number of rotatable bonds is 4. The van der Waals surface area contributed by atoms with Gasteiger partial charge in [0, 0.05) is 60.5 Å². The molecule has 0 saturated carbocycles. The van der Waals surface area contributed by atoms with Crippen LogP contribution >= 0.6 is 15.9 Å². The number of ether oxygens (including phenoxy) is 1. The van der Waals surface area contributed by atoms with Gasteiger partial charge in [0.15, 0.2) is 0 Å². The van der Waals surface area contributed by atoms with E-state index >= 15 is 0 Å². The van der Waals surface area contributed by atoms with Crippen molar-refractivity contribution in [1.29, 1.82) is 0 Å². The molecule has 0 aliphatic heterocycles. The van der Waals surface area contributed by atoms with Crippen LogP contribution in [0.15, 0.2) is 77.4 Å². The fraction of sp³-hybridized carbons (Fsp3) is 0.172. The SMILES string of the molecule is CC(=O)OC1Cc2c(-c3cc(N(C)C)ccn3)cccc2-c2c(O)ccc(-c3ccc(Br)cc3)c21. The number of anilines is 1. The molecule has 1 N–H and O–H groups in total. The van der Waals surface area contributed by atoms with Gasteiger partial charge in [-0.05, 0) is 52.6 Å². The zero-order valence-corrected chi connectivity index (χ0v) is 21.3. The second-order valence-electron chi connectivity index (χ2n) is 8.86. The Kier molecular flexibility index (Phi) is 6.07. The van der Waals surface area contributed by atoms with Crippen molar-refractivity contribution in [3.8, 4) is 39.3 Å². The predicted octanol–water partition coefficient (Wildman–Crippen LogP) is 6.78. The Morgan fingerprint density at radius 3 is 2.49 bits per heavy atom. The van der Waals surface area contributed by atoms with E-state index in [2.05, 4.69) is 20.9 Å². The molecule has 0 bridgehead atoms. The minimum atomic E-state index is -0.543. The second kappa shape index (κ2) is 9.19. The Bertz CT molecular complexity index is 1430. The molecular weight excluding hydrogens is 504 g/mol. The number of phenols is 1. The van der Waals surface area contributed by atoms with E-state index in [0.717, 1.165) is 49.2 Å². The lowest BCUT2D eigenvalue weighted by molar-refractivity contribution is -0.146. The first-order valence-electron chi connectivity index (χ1n) is 11.4. The molecule has 5 rings (SSSR count). The summed E-state index contributed by atoms with van der Waals surface area (Å²) in [5, 5.41) is 11.1. The van der Waals surface area contributed by atoms with Crippen molar-refractivity contribution in [2.45, 2.75) is 19.4 Å². The number of fused-ring (bicyclic) bond motifs is 3. The van der Waals surface area contributed by atoms with Gasteiger partial charge >= 0.3 is 5.97 Å². The van der Waals surface area contributed by atoms with Gasteiger partial charge in [0.05, 0.1) is 5.69 Å². The number of carbonyl (C=O) groups excluding carboxylic acids is 1. The smallest absolute Gasteiger partial charge is 0.303 e. The van der Waals surface area contributed by atoms with Crippen molar-refractivity contribution in [2.75, 3.05) is 19.0 Å². The molecule has 0 radical (unpaired) electrons. The van der Waals surface area contributed by atoms with Gasteiger partial charge in [0.2, 0.25) is 0 Å². The first-order valence-corrected chi connectivity index (χ1v) is 12.2. The lowest BCUT2D eigenvalue weighted by atomic mass is 9.77. The zero-order chi connectivity index (χ0) is 24.7. The number of nitrogens with zero attached hydrogens (tertiary/aromatic N) is 2. The molecule has 0 saturated heterocycles. The molecule has 3 aromatic carbocycles. The number of phenolic OH excluding ortho intramolecular Hbond substituents is 1. The second-order valence-corrected chi connectivity index (χ2v) is 9.77. The summed E-state index contributed by atoms with van der Waals surface area (Å²) < 4.78 is 6.86. The molecule has 35 heavy (non-hydrogen) atoms. The normalized spacial score (nSPS) is 14.1. The number of benzene rings is 3. The minimum absolute atomic E-state index is 0.158. The Balaban J connectivity index is 1.76. The van der Waals surface area contributed by atoms with Crippen molar-refractivity contribution in [3.05, 3.63) is 88.5 Å². The van der Waals surface area contributed by atoms with Gasteiger partial charge in [0.25, 0.3) is 0 Å². The van der Waals surface area contributed by atoms with Crippen LogP contribution in [-0.2, 0) is 16.0 Å². The number of aromatic nitrogens is 1. The van der Waals surface area contributed by atoms with E-state index in [9.17, 15) is 9.90 Å². The molecule has 176 valence electrons. The van der Waals surface area contributed by atoms with Crippen LogP contribution in [0.4, 0.5) is 5.69 Å². The van der Waals surface area contributed by atoms with Gasteiger partial charge in [-0.15, -0.1) is 0 Å². The number of hydrogen-bond acceptors (Lipinski definition) is 5. The Labute approximate surface area is 213 Å². The van der Waals surface area contributed by atoms with Gasteiger partial charge < -0.3 is 14.7 Å². The molecule has 0 fully saturated rings. The van der Waals surface area contributed by atoms with E-state index in [4.69, 9.17) is 4.74 Å². The van der Waals surface area contributed by atoms with Crippen LogP contribution < -0.4 is 4.90 Å². The quantitative estimate of drug-likeness (QED) is 0.296. The average molecular weight is 529 g/mol. The Morgan fingerprint density at radius 1 is 1.03 bits per heavy atom. The zero-order valence-electron chi connectivity index (χ0n) is 19.7. The lowest BCUT2D eigenvalue weighted by Gasteiger charge is -2.31. The van der Waals surface area contributed by atoms with Crippen LogP contribution in [0.2, 0.25) is 0 Å². The van der Waals surface area contributed by atoms with Gasteiger partial charge in [-0.1, -0.05) is 52.3 Å². The molecule has 5 nitrogen and oxygen atoms in total. The highest BCUT2D eigenvalue weighted by Gasteiger charge is 2.33. The van der Waals surface area contributed by atoms with E-state index in [-0.39, 0.29) is 11.7 Å². The van der Waals surface area contributed by atoms with Gasteiger partial charge in [-0.3, -0.25) is 9.78 Å². The molecule has 6 heteroatoms. The van der Waals surface area contributed by atoms with Crippen LogP contribution in [-0.4, -0.2) is 30.2 Å². The van der Waals surface area contributed by atoms with Crippen molar-refractivity contribution in [2.24, 2.45) is 0 Å². The van der Waals surface area contributed by atoms with E-state index in [1.807, 2.05) is 79.7 Å². The highest BCUT2D eigenvalue weighted by Crippen LogP contribution is 2.50. The van der Waals surface area contributed by atoms with Crippen LogP contribution in [0.3, 0.4) is 0 Å². The monoisotopic (exact) mass is 528 g/mol. The number of hydrogen-bond donors (Lipinski definition) is 1. The van der Waals surface area contributed by atoms with Gasteiger partial charge in [0.1, 0.15) is 11.9 Å². The molecule has 1 heterocycles. The summed E-state index contributed by atoms with van der Waals surface area (Å²) in [7, 11) is 3.99. The summed E-state index contributed by atoms with van der Waals surface area (Å²) in [6, 6.07) is 21.7. The third-order valence-corrected chi connectivity index (χ3v) is 6.91. The highest BCUT2D eigenvalue weighted by atomic mass is 79.9. The van der Waals surface area contributed by atoms with Crippen molar-refractivity contribution in [3.63, 3.8) is 0 Å². The Morgan fingerprint density at radius 2 is 1.77 bits per heavy atom. The largest absolute Gasteiger partial charge is 0.507 e. The van der Waals surface area contributed by atoms with Crippen LogP contribution in [0.1, 0.15) is 24.2 Å². The van der Waals surface area contributed by atoms with Gasteiger partial charge in [-0.2, -0.15) is 0 Å². The molecule has 1 unspecified atom stereocenters. The third kappa shape index (κ3) is 4.30. The van der Waals surface area contributed by atoms with Crippen LogP contribution in [0, 0.1) is 0 Å². The average Bonchev–Trinajstić information content (AvgIpc) is 2.84. The maximum absolute atomic E-state index is 12.2. The molecule has 1 aliphatic carbocycles. The molecule has 0 spiro atoms. The number of pyridine rings is 1. The van der Waals surface area contributed by atoms with E-state index < -0.39 is 6.10 Å². The summed E-state index contributed by atoms with van der Waals surface area (Å²) in [5.41, 5.74) is 8.20. The molecular formula is C29H25BrN2O3. The number of aromatic hydroxyl groups is 1. The topological polar surface area (TPSA) is 62.7 Å². The summed E-state index contributed by atoms with van der Waals surface area (Å²) in [6.45, 7) is 1.42. The molecule has 1 atom stereocenters. The van der Waals surface area contributed by atoms with Crippen molar-refractivity contribution >= 4 is 27.6 Å². The van der Waals surface area contributed by atoms with E-state index in [1.54, 1.807) is 12.3 Å². The van der Waals surface area contributed by atoms with Crippen LogP contribution in [0.25, 0.3) is 33.5 Å². The molecule has 1 aliphatic rings. The first-order chi connectivity index (χ1) is 16.8. The molecule has 4 aromatic rings. The predicted molar refractivity (Wildman–Crippen MR) is 142 cm³/mol. The van der Waals surface area contributed by atoms with Crippen molar-refractivity contribution < 1.29 is 14.6 Å². The molecule has 0 amide bonds. The summed E-state index contributed by atoms with van der Waals surface area (Å²) in [4.78, 5) is 18.8. The lowest BCUT2D eigenvalue weighted by Crippen LogP contribution is -2.19. The standard InChI is InChI=1S/C29H25BrN2O3/c1-17(33)35-27-16-24-22(25-15-20(32(2)3)13-14-31-25)5-4-6-23(24)28-26(34)12-11-21(29(27)28)18-7-9-19(30)10-8-18/h4-15,27,34H,16H2,1-3H3. The van der Waals surface area contributed by atoms with Crippen molar-refractivity contribution in [1.82, 2.24) is 4.98 Å². The fourth-order valence-electron chi connectivity index (χ4n) is 4.82. The van der Waals surface area contributed by atoms with E-state index in [1.165, 1.54) is 6.92 Å². The summed E-state index contributed by atoms with van der Waals surface area (Å²) in [5.74, 6) is -0.203.